The van der Waals surface area contributed by atoms with E-state index >= 15 is 0 Å². The Hall–Kier alpha value is -6.64. The van der Waals surface area contributed by atoms with Crippen LogP contribution in [0.2, 0.25) is 0 Å². The fourth-order valence-corrected chi connectivity index (χ4v) is 7.90. The lowest BCUT2D eigenvalue weighted by atomic mass is 9.93. The highest BCUT2D eigenvalue weighted by molar-refractivity contribution is 6.12. The van der Waals surface area contributed by atoms with E-state index in [0.717, 1.165) is 11.4 Å². The summed E-state index contributed by atoms with van der Waals surface area (Å²) >= 11 is 0. The van der Waals surface area contributed by atoms with E-state index < -0.39 is 0 Å². The van der Waals surface area contributed by atoms with Crippen LogP contribution in [0.25, 0.3) is 88.4 Å². The van der Waals surface area contributed by atoms with E-state index in [2.05, 4.69) is 203 Å². The Morgan fingerprint density at radius 3 is 1.58 bits per heavy atom. The molecule has 50 heavy (non-hydrogen) atoms. The van der Waals surface area contributed by atoms with Crippen LogP contribution in [-0.4, -0.2) is 9.13 Å². The molecule has 2 nitrogen and oxygen atoms in total. The smallest absolute Gasteiger partial charge is 0.0547 e. The third kappa shape index (κ3) is 4.43. The van der Waals surface area contributed by atoms with Gasteiger partial charge in [-0.15, -0.1) is 0 Å². The minimum Gasteiger partial charge on any atom is -0.309 e. The van der Waals surface area contributed by atoms with E-state index in [1.807, 2.05) is 0 Å². The topological polar surface area (TPSA) is 9.86 Å². The lowest BCUT2D eigenvalue weighted by Gasteiger charge is -2.17. The lowest BCUT2D eigenvalue weighted by molar-refractivity contribution is 1.18. The maximum atomic E-state index is 2.45. The molecule has 2 heterocycles. The van der Waals surface area contributed by atoms with Crippen LogP contribution >= 0.6 is 0 Å². The van der Waals surface area contributed by atoms with Gasteiger partial charge < -0.3 is 9.13 Å². The van der Waals surface area contributed by atoms with Crippen molar-refractivity contribution >= 4 is 43.6 Å². The van der Waals surface area contributed by atoms with Gasteiger partial charge in [-0.25, -0.2) is 0 Å². The van der Waals surface area contributed by atoms with E-state index in [-0.39, 0.29) is 0 Å². The van der Waals surface area contributed by atoms with Crippen molar-refractivity contribution < 1.29 is 0 Å². The molecule has 0 saturated carbocycles. The molecule has 0 aliphatic heterocycles. The first-order chi connectivity index (χ1) is 24.8. The average Bonchev–Trinajstić information content (AvgIpc) is 3.71. The molecule has 0 spiro atoms. The van der Waals surface area contributed by atoms with Crippen LogP contribution in [0.15, 0.2) is 194 Å². The SMILES string of the molecule is c1ccc(-c2ccc3c(c2)c2ccccc2n3-c2ccccc2-c2ccccc2-c2ccc3c4ccccc4n(-c4ccccc4)c3c2)cc1. The Kier molecular flexibility index (Phi) is 6.53. The van der Waals surface area contributed by atoms with Crippen molar-refractivity contribution in [1.82, 2.24) is 9.13 Å². The predicted molar refractivity (Wildman–Crippen MR) is 211 cm³/mol. The van der Waals surface area contributed by atoms with Crippen molar-refractivity contribution in [3.63, 3.8) is 0 Å². The van der Waals surface area contributed by atoms with Gasteiger partial charge in [0.25, 0.3) is 0 Å². The maximum Gasteiger partial charge on any atom is 0.0547 e. The van der Waals surface area contributed by atoms with Gasteiger partial charge in [0.15, 0.2) is 0 Å². The van der Waals surface area contributed by atoms with E-state index in [0.29, 0.717) is 0 Å². The fraction of sp³-hybridized carbons (Fsp3) is 0. The second-order valence-corrected chi connectivity index (χ2v) is 12.9. The third-order valence-corrected chi connectivity index (χ3v) is 10.1. The molecule has 0 unspecified atom stereocenters. The molecule has 2 aromatic heterocycles. The number of hydrogen-bond acceptors (Lipinski definition) is 0. The van der Waals surface area contributed by atoms with Crippen LogP contribution in [0, 0.1) is 0 Å². The molecule has 0 N–H and O–H groups in total. The van der Waals surface area contributed by atoms with Crippen LogP contribution in [0.5, 0.6) is 0 Å². The van der Waals surface area contributed by atoms with Gasteiger partial charge in [-0.05, 0) is 76.3 Å². The zero-order valence-corrected chi connectivity index (χ0v) is 27.4. The second-order valence-electron chi connectivity index (χ2n) is 12.9. The zero-order chi connectivity index (χ0) is 33.0. The quantitative estimate of drug-likeness (QED) is 0.178. The first kappa shape index (κ1) is 28.4. The summed E-state index contributed by atoms with van der Waals surface area (Å²) in [5.74, 6) is 0. The number of nitrogens with zero attached hydrogens (tertiary/aromatic N) is 2. The number of benzene rings is 8. The highest BCUT2D eigenvalue weighted by atomic mass is 15.0. The van der Waals surface area contributed by atoms with Crippen LogP contribution < -0.4 is 0 Å². The van der Waals surface area contributed by atoms with Gasteiger partial charge in [-0.1, -0.05) is 146 Å². The van der Waals surface area contributed by atoms with Gasteiger partial charge in [-0.2, -0.15) is 0 Å². The molecule has 2 heteroatoms. The number of hydrogen-bond donors (Lipinski definition) is 0. The van der Waals surface area contributed by atoms with E-state index in [4.69, 9.17) is 0 Å². The molecular weight excluding hydrogens is 605 g/mol. The summed E-state index contributed by atoms with van der Waals surface area (Å²) in [7, 11) is 0. The Bertz CT molecular complexity index is 2860. The highest BCUT2D eigenvalue weighted by Crippen LogP contribution is 2.42. The minimum absolute atomic E-state index is 1.16. The molecule has 0 amide bonds. The first-order valence-corrected chi connectivity index (χ1v) is 17.2. The zero-order valence-electron chi connectivity index (χ0n) is 27.4. The van der Waals surface area contributed by atoms with Gasteiger partial charge in [0.05, 0.1) is 27.8 Å². The number of aromatic nitrogens is 2. The molecule has 0 atom stereocenters. The van der Waals surface area contributed by atoms with Crippen molar-refractivity contribution in [1.29, 1.82) is 0 Å². The highest BCUT2D eigenvalue weighted by Gasteiger charge is 2.19. The fourth-order valence-electron chi connectivity index (χ4n) is 7.90. The standard InChI is InChI=1S/C48H32N2/c1-3-15-33(16-4-1)34-28-30-47-43(31-34)41-23-11-14-26-46(41)50(47)45-25-13-9-21-39(45)38-20-8-7-19-37(38)35-27-29-42-40-22-10-12-24-44(40)49(48(42)32-35)36-17-5-2-6-18-36/h1-32H. The summed E-state index contributed by atoms with van der Waals surface area (Å²) in [4.78, 5) is 0. The monoisotopic (exact) mass is 636 g/mol. The van der Waals surface area contributed by atoms with E-state index in [1.54, 1.807) is 0 Å². The third-order valence-electron chi connectivity index (χ3n) is 10.1. The van der Waals surface area contributed by atoms with Crippen molar-refractivity contribution in [2.75, 3.05) is 0 Å². The summed E-state index contributed by atoms with van der Waals surface area (Å²) in [5, 5.41) is 5.02. The van der Waals surface area contributed by atoms with Gasteiger partial charge in [0.1, 0.15) is 0 Å². The summed E-state index contributed by atoms with van der Waals surface area (Å²) in [6.45, 7) is 0. The van der Waals surface area contributed by atoms with E-state index in [9.17, 15) is 0 Å². The molecule has 10 rings (SSSR count). The largest absolute Gasteiger partial charge is 0.309 e. The average molecular weight is 637 g/mol. The second kappa shape index (κ2) is 11.5. The van der Waals surface area contributed by atoms with Gasteiger partial charge in [0, 0.05) is 32.8 Å². The Balaban J connectivity index is 1.19. The van der Waals surface area contributed by atoms with Crippen LogP contribution in [0.3, 0.4) is 0 Å². The summed E-state index contributed by atoms with van der Waals surface area (Å²) in [6.07, 6.45) is 0. The normalized spacial score (nSPS) is 11.6. The lowest BCUT2D eigenvalue weighted by Crippen LogP contribution is -1.98. The Morgan fingerprint density at radius 1 is 0.260 bits per heavy atom. The minimum atomic E-state index is 1.16. The molecule has 234 valence electrons. The number of para-hydroxylation sites is 4. The Morgan fingerprint density at radius 2 is 0.800 bits per heavy atom. The molecule has 0 fully saturated rings. The van der Waals surface area contributed by atoms with Crippen molar-refractivity contribution in [3.05, 3.63) is 194 Å². The molecule has 0 aliphatic carbocycles. The summed E-state index contributed by atoms with van der Waals surface area (Å²) in [6, 6.07) is 70.4. The van der Waals surface area contributed by atoms with Crippen molar-refractivity contribution in [3.8, 4) is 44.8 Å². The molecule has 0 saturated heterocycles. The number of rotatable bonds is 5. The molecule has 0 radical (unpaired) electrons. The molecular formula is C48H32N2. The van der Waals surface area contributed by atoms with Crippen molar-refractivity contribution in [2.24, 2.45) is 0 Å². The van der Waals surface area contributed by atoms with Crippen LogP contribution in [-0.2, 0) is 0 Å². The molecule has 8 aromatic carbocycles. The van der Waals surface area contributed by atoms with E-state index in [1.165, 1.54) is 77.0 Å². The van der Waals surface area contributed by atoms with Crippen LogP contribution in [0.4, 0.5) is 0 Å². The van der Waals surface area contributed by atoms with Gasteiger partial charge >= 0.3 is 0 Å². The Labute approximate surface area is 290 Å². The number of fused-ring (bicyclic) bond motifs is 6. The predicted octanol–water partition coefficient (Wildman–Crippen LogP) is 12.9. The van der Waals surface area contributed by atoms with Gasteiger partial charge in [0.2, 0.25) is 0 Å². The van der Waals surface area contributed by atoms with Crippen LogP contribution in [0.1, 0.15) is 0 Å². The van der Waals surface area contributed by atoms with Crippen molar-refractivity contribution in [2.45, 2.75) is 0 Å². The molecule has 0 bridgehead atoms. The summed E-state index contributed by atoms with van der Waals surface area (Å²) in [5.41, 5.74) is 14.4. The summed E-state index contributed by atoms with van der Waals surface area (Å²) < 4.78 is 4.84. The maximum absolute atomic E-state index is 2.45. The molecule has 10 aromatic rings. The molecule has 0 aliphatic rings. The van der Waals surface area contributed by atoms with Gasteiger partial charge in [-0.3, -0.25) is 0 Å². The first-order valence-electron chi connectivity index (χ1n) is 17.2.